The van der Waals surface area contributed by atoms with Gasteiger partial charge in [0.1, 0.15) is 11.6 Å². The molecule has 1 saturated heterocycles. The predicted molar refractivity (Wildman–Crippen MR) is 98.5 cm³/mol. The fourth-order valence-corrected chi connectivity index (χ4v) is 3.54. The third-order valence-corrected chi connectivity index (χ3v) is 4.98. The number of fused-ring (bicyclic) bond motifs is 1. The van der Waals surface area contributed by atoms with Gasteiger partial charge in [0.2, 0.25) is 0 Å². The summed E-state index contributed by atoms with van der Waals surface area (Å²) in [6.07, 6.45) is 3.89. The first-order valence-electron chi connectivity index (χ1n) is 8.67. The van der Waals surface area contributed by atoms with Crippen LogP contribution in [0, 0.1) is 0 Å². The van der Waals surface area contributed by atoms with E-state index in [0.717, 1.165) is 30.9 Å². The first-order chi connectivity index (χ1) is 12.7. The van der Waals surface area contributed by atoms with E-state index in [1.165, 1.54) is 0 Å². The molecular weight excluding hydrogens is 352 g/mol. The van der Waals surface area contributed by atoms with E-state index in [2.05, 4.69) is 10.2 Å². The lowest BCUT2D eigenvalue weighted by Crippen LogP contribution is -2.42. The van der Waals surface area contributed by atoms with Crippen LogP contribution in [0.15, 0.2) is 48.7 Å². The van der Waals surface area contributed by atoms with Gasteiger partial charge in [0.15, 0.2) is 12.3 Å². The molecule has 0 spiro atoms. The molecule has 1 aromatic carbocycles. The molecule has 1 unspecified atom stereocenters. The largest absolute Gasteiger partial charge is 0.482 e. The van der Waals surface area contributed by atoms with E-state index in [-0.39, 0.29) is 18.4 Å². The van der Waals surface area contributed by atoms with Crippen molar-refractivity contribution in [3.8, 4) is 5.75 Å². The molecule has 26 heavy (non-hydrogen) atoms. The monoisotopic (exact) mass is 370 g/mol. The first kappa shape index (κ1) is 16.8. The summed E-state index contributed by atoms with van der Waals surface area (Å²) in [7, 11) is 0. The van der Waals surface area contributed by atoms with Crippen molar-refractivity contribution in [1.82, 2.24) is 19.5 Å². The average molecular weight is 371 g/mol. The van der Waals surface area contributed by atoms with E-state index in [1.54, 1.807) is 12.1 Å². The number of carbonyl (C=O) groups is 1. The molecule has 7 heteroatoms. The van der Waals surface area contributed by atoms with Gasteiger partial charge in [0, 0.05) is 25.2 Å². The first-order valence-corrected chi connectivity index (χ1v) is 9.05. The molecule has 2 aromatic heterocycles. The molecule has 1 fully saturated rings. The highest BCUT2D eigenvalue weighted by Gasteiger charge is 2.28. The number of aromatic nitrogens is 3. The molecule has 3 aromatic rings. The second-order valence-corrected chi connectivity index (χ2v) is 6.79. The second-order valence-electron chi connectivity index (χ2n) is 6.39. The highest BCUT2D eigenvalue weighted by molar-refractivity contribution is 6.32. The number of amides is 1. The molecule has 134 valence electrons. The van der Waals surface area contributed by atoms with E-state index >= 15 is 0 Å². The van der Waals surface area contributed by atoms with Gasteiger partial charge in [-0.05, 0) is 37.1 Å². The summed E-state index contributed by atoms with van der Waals surface area (Å²) < 4.78 is 7.59. The second kappa shape index (κ2) is 7.33. The summed E-state index contributed by atoms with van der Waals surface area (Å²) in [6, 6.07) is 13.0. The van der Waals surface area contributed by atoms with Crippen molar-refractivity contribution in [2.75, 3.05) is 19.7 Å². The maximum Gasteiger partial charge on any atom is 0.260 e. The molecule has 0 aliphatic carbocycles. The van der Waals surface area contributed by atoms with Crippen LogP contribution < -0.4 is 4.74 Å². The minimum atomic E-state index is -0.0385. The third-order valence-electron chi connectivity index (χ3n) is 4.67. The van der Waals surface area contributed by atoms with Crippen LogP contribution in [0.25, 0.3) is 5.65 Å². The van der Waals surface area contributed by atoms with Gasteiger partial charge >= 0.3 is 0 Å². The molecule has 1 aliphatic heterocycles. The van der Waals surface area contributed by atoms with E-state index in [0.29, 0.717) is 17.3 Å². The van der Waals surface area contributed by atoms with Crippen LogP contribution in [0.2, 0.25) is 5.02 Å². The fraction of sp³-hybridized carbons (Fsp3) is 0.316. The van der Waals surface area contributed by atoms with Crippen LogP contribution in [0.1, 0.15) is 24.6 Å². The Morgan fingerprint density at radius 2 is 2.04 bits per heavy atom. The van der Waals surface area contributed by atoms with Crippen LogP contribution >= 0.6 is 11.6 Å². The van der Waals surface area contributed by atoms with Crippen molar-refractivity contribution in [2.24, 2.45) is 0 Å². The van der Waals surface area contributed by atoms with Crippen LogP contribution in [0.5, 0.6) is 5.75 Å². The quantitative estimate of drug-likeness (QED) is 0.707. The molecule has 1 amide bonds. The number of para-hydroxylation sites is 1. The van der Waals surface area contributed by atoms with Crippen molar-refractivity contribution < 1.29 is 9.53 Å². The number of carbonyl (C=O) groups excluding carboxylic acids is 1. The zero-order chi connectivity index (χ0) is 17.9. The molecule has 6 nitrogen and oxygen atoms in total. The summed E-state index contributed by atoms with van der Waals surface area (Å²) >= 11 is 6.07. The lowest BCUT2D eigenvalue weighted by molar-refractivity contribution is -0.134. The van der Waals surface area contributed by atoms with Crippen molar-refractivity contribution in [3.63, 3.8) is 0 Å². The normalized spacial score (nSPS) is 17.4. The molecule has 4 rings (SSSR count). The van der Waals surface area contributed by atoms with Gasteiger partial charge < -0.3 is 9.64 Å². The third kappa shape index (κ3) is 3.37. The zero-order valence-electron chi connectivity index (χ0n) is 14.2. The molecule has 0 saturated carbocycles. The minimum Gasteiger partial charge on any atom is -0.482 e. The zero-order valence-corrected chi connectivity index (χ0v) is 15.0. The smallest absolute Gasteiger partial charge is 0.260 e. The number of halogens is 1. The number of rotatable bonds is 4. The minimum absolute atomic E-state index is 0.0168. The SMILES string of the molecule is O=C(COc1ccccc1Cl)N1CCCC(c2nnc3ccccn23)C1. The highest BCUT2D eigenvalue weighted by Crippen LogP contribution is 2.27. The van der Waals surface area contributed by atoms with E-state index < -0.39 is 0 Å². The predicted octanol–water partition coefficient (Wildman–Crippen LogP) is 3.17. The molecule has 0 bridgehead atoms. The number of hydrogen-bond donors (Lipinski definition) is 0. The number of pyridine rings is 1. The van der Waals surface area contributed by atoms with Crippen LogP contribution in [-0.2, 0) is 4.79 Å². The van der Waals surface area contributed by atoms with E-state index in [9.17, 15) is 4.79 Å². The van der Waals surface area contributed by atoms with Crippen LogP contribution in [0.3, 0.4) is 0 Å². The maximum atomic E-state index is 12.6. The lowest BCUT2D eigenvalue weighted by atomic mass is 9.97. The number of hydrogen-bond acceptors (Lipinski definition) is 4. The van der Waals surface area contributed by atoms with Crippen LogP contribution in [-0.4, -0.2) is 45.1 Å². The van der Waals surface area contributed by atoms with Crippen molar-refractivity contribution in [3.05, 3.63) is 59.5 Å². The average Bonchev–Trinajstić information content (AvgIpc) is 3.11. The summed E-state index contributed by atoms with van der Waals surface area (Å²) in [5.74, 6) is 1.57. The Kier molecular flexibility index (Phi) is 4.75. The number of nitrogens with zero attached hydrogens (tertiary/aromatic N) is 4. The van der Waals surface area contributed by atoms with Gasteiger partial charge in [-0.1, -0.05) is 29.8 Å². The highest BCUT2D eigenvalue weighted by atomic mass is 35.5. The van der Waals surface area contributed by atoms with Gasteiger partial charge in [-0.15, -0.1) is 10.2 Å². The summed E-state index contributed by atoms with van der Waals surface area (Å²) in [5.41, 5.74) is 0.827. The molecule has 0 radical (unpaired) electrons. The Balaban J connectivity index is 1.43. The Bertz CT molecular complexity index is 927. The van der Waals surface area contributed by atoms with Crippen LogP contribution in [0.4, 0.5) is 0 Å². The van der Waals surface area contributed by atoms with Gasteiger partial charge in [-0.25, -0.2) is 0 Å². The van der Waals surface area contributed by atoms with Crippen molar-refractivity contribution in [2.45, 2.75) is 18.8 Å². The van der Waals surface area contributed by atoms with Gasteiger partial charge in [-0.2, -0.15) is 0 Å². The molecule has 3 heterocycles. The van der Waals surface area contributed by atoms with Gasteiger partial charge in [-0.3, -0.25) is 9.20 Å². The van der Waals surface area contributed by atoms with Crippen molar-refractivity contribution >= 4 is 23.2 Å². The summed E-state index contributed by atoms with van der Waals surface area (Å²) in [5, 5.41) is 9.07. The summed E-state index contributed by atoms with van der Waals surface area (Å²) in [4.78, 5) is 14.4. The van der Waals surface area contributed by atoms with Gasteiger partial charge in [0.05, 0.1) is 5.02 Å². The Labute approximate surface area is 156 Å². The van der Waals surface area contributed by atoms with E-state index in [1.807, 2.05) is 45.8 Å². The Hall–Kier alpha value is -2.60. The number of piperidine rings is 1. The molecule has 1 atom stereocenters. The Morgan fingerprint density at radius 3 is 2.92 bits per heavy atom. The number of likely N-dealkylation sites (tertiary alicyclic amines) is 1. The van der Waals surface area contributed by atoms with E-state index in [4.69, 9.17) is 16.3 Å². The molecule has 1 aliphatic rings. The standard InChI is InChI=1S/C19H19ClN4O2/c20-15-7-1-2-8-16(15)26-13-18(25)23-10-5-6-14(12-23)19-22-21-17-9-3-4-11-24(17)19/h1-4,7-9,11,14H,5-6,10,12-13H2. The topological polar surface area (TPSA) is 59.7 Å². The molecular formula is C19H19ClN4O2. The number of ether oxygens (including phenoxy) is 1. The lowest BCUT2D eigenvalue weighted by Gasteiger charge is -2.32. The summed E-state index contributed by atoms with van der Waals surface area (Å²) in [6.45, 7) is 1.34. The number of benzene rings is 1. The van der Waals surface area contributed by atoms with Crippen molar-refractivity contribution in [1.29, 1.82) is 0 Å². The Morgan fingerprint density at radius 1 is 1.19 bits per heavy atom. The van der Waals surface area contributed by atoms with Gasteiger partial charge in [0.25, 0.3) is 5.91 Å². The maximum absolute atomic E-state index is 12.6. The molecule has 0 N–H and O–H groups in total. The fourth-order valence-electron chi connectivity index (χ4n) is 3.35.